The van der Waals surface area contributed by atoms with Crippen LogP contribution in [0.15, 0.2) is 24.3 Å². The van der Waals surface area contributed by atoms with Gasteiger partial charge in [0.05, 0.1) is 18.9 Å². The second kappa shape index (κ2) is 6.97. The molecular formula is C19H22FN3O5. The van der Waals surface area contributed by atoms with Gasteiger partial charge < -0.3 is 9.64 Å². The molecule has 1 aromatic rings. The van der Waals surface area contributed by atoms with Crippen LogP contribution in [0.25, 0.3) is 0 Å². The average Bonchev–Trinajstić information content (AvgIpc) is 3.10. The van der Waals surface area contributed by atoms with E-state index in [-0.39, 0.29) is 12.5 Å². The largest absolute Gasteiger partial charge is 0.468 e. The molecule has 150 valence electrons. The fraction of sp³-hybridized carbons (Fsp3) is 0.474. The quantitative estimate of drug-likeness (QED) is 0.575. The zero-order valence-corrected chi connectivity index (χ0v) is 16.1. The summed E-state index contributed by atoms with van der Waals surface area (Å²) < 4.78 is 17.9. The Bertz CT molecular complexity index is 842. The zero-order chi connectivity index (χ0) is 20.8. The molecule has 3 amide bonds. The van der Waals surface area contributed by atoms with Gasteiger partial charge in [-0.15, -0.1) is 0 Å². The number of imide groups is 1. The SMILES string of the molecule is COC(=O)[C@]1(C)N[C@H](CN(C)C(=O)c2ccc(F)cc2)[C@@H]2C(=O)N(C)C(=O)[C@@H]21. The number of carbonyl (C=O) groups excluding carboxylic acids is 4. The lowest BCUT2D eigenvalue weighted by Crippen LogP contribution is -2.56. The Hall–Kier alpha value is -2.81. The summed E-state index contributed by atoms with van der Waals surface area (Å²) in [4.78, 5) is 52.6. The van der Waals surface area contributed by atoms with Gasteiger partial charge in [0.15, 0.2) is 0 Å². The van der Waals surface area contributed by atoms with Crippen LogP contribution in [-0.2, 0) is 19.1 Å². The highest BCUT2D eigenvalue weighted by Crippen LogP contribution is 2.43. The van der Waals surface area contributed by atoms with E-state index in [1.165, 1.54) is 50.2 Å². The maximum absolute atomic E-state index is 13.1. The van der Waals surface area contributed by atoms with Crippen molar-refractivity contribution < 1.29 is 28.3 Å². The smallest absolute Gasteiger partial charge is 0.326 e. The number of likely N-dealkylation sites (N-methyl/N-ethyl adjacent to an activating group) is 1. The van der Waals surface area contributed by atoms with Gasteiger partial charge in [-0.3, -0.25) is 29.4 Å². The molecule has 2 heterocycles. The molecule has 0 aliphatic carbocycles. The molecule has 0 saturated carbocycles. The molecule has 1 aromatic carbocycles. The molecule has 8 nitrogen and oxygen atoms in total. The first-order valence-corrected chi connectivity index (χ1v) is 8.80. The molecule has 9 heteroatoms. The normalized spacial score (nSPS) is 29.0. The van der Waals surface area contributed by atoms with Crippen molar-refractivity contribution in [2.45, 2.75) is 18.5 Å². The summed E-state index contributed by atoms with van der Waals surface area (Å²) in [6.45, 7) is 1.61. The molecule has 28 heavy (non-hydrogen) atoms. The highest BCUT2D eigenvalue weighted by atomic mass is 19.1. The number of nitrogens with zero attached hydrogens (tertiary/aromatic N) is 2. The standard InChI is InChI=1S/C19H22FN3O5/c1-19(18(27)28-4)14-13(16(25)23(3)17(14)26)12(21-19)9-22(2)15(24)10-5-7-11(20)8-6-10/h5-8,12-14,21H,9H2,1-4H3/t12-,13+,14-,19-/m1/s1. The third-order valence-corrected chi connectivity index (χ3v) is 5.63. The summed E-state index contributed by atoms with van der Waals surface area (Å²) in [6, 6.07) is 4.50. The number of amides is 3. The minimum absolute atomic E-state index is 0.0802. The van der Waals surface area contributed by atoms with Crippen LogP contribution in [0, 0.1) is 17.7 Å². The zero-order valence-electron chi connectivity index (χ0n) is 16.1. The molecule has 0 bridgehead atoms. The van der Waals surface area contributed by atoms with E-state index in [4.69, 9.17) is 4.74 Å². The lowest BCUT2D eigenvalue weighted by Gasteiger charge is -2.29. The first-order chi connectivity index (χ1) is 13.1. The first kappa shape index (κ1) is 19.9. The fourth-order valence-electron chi connectivity index (χ4n) is 4.16. The number of esters is 1. The number of ether oxygens (including phenoxy) is 1. The minimum Gasteiger partial charge on any atom is -0.468 e. The number of halogens is 1. The summed E-state index contributed by atoms with van der Waals surface area (Å²) >= 11 is 0. The van der Waals surface area contributed by atoms with Gasteiger partial charge in [0.1, 0.15) is 11.4 Å². The van der Waals surface area contributed by atoms with E-state index in [9.17, 15) is 23.6 Å². The Morgan fingerprint density at radius 3 is 2.43 bits per heavy atom. The lowest BCUT2D eigenvalue weighted by molar-refractivity contribution is -0.152. The molecular weight excluding hydrogens is 369 g/mol. The van der Waals surface area contributed by atoms with Crippen LogP contribution in [0.3, 0.4) is 0 Å². The van der Waals surface area contributed by atoms with Gasteiger partial charge in [-0.05, 0) is 31.2 Å². The van der Waals surface area contributed by atoms with Crippen LogP contribution in [0.1, 0.15) is 17.3 Å². The molecule has 4 atom stereocenters. The third kappa shape index (κ3) is 2.95. The van der Waals surface area contributed by atoms with Gasteiger partial charge in [-0.2, -0.15) is 0 Å². The van der Waals surface area contributed by atoms with Gasteiger partial charge in [-0.1, -0.05) is 0 Å². The van der Waals surface area contributed by atoms with E-state index < -0.39 is 47.0 Å². The van der Waals surface area contributed by atoms with Crippen molar-refractivity contribution in [3.05, 3.63) is 35.6 Å². The summed E-state index contributed by atoms with van der Waals surface area (Å²) in [5, 5.41) is 3.05. The number of nitrogens with one attached hydrogen (secondary N) is 1. The van der Waals surface area contributed by atoms with E-state index in [0.29, 0.717) is 5.56 Å². The molecule has 3 rings (SSSR count). The number of benzene rings is 1. The highest BCUT2D eigenvalue weighted by molar-refractivity contribution is 6.09. The Balaban J connectivity index is 1.86. The number of methoxy groups -OCH3 is 1. The van der Waals surface area contributed by atoms with Crippen LogP contribution in [-0.4, -0.2) is 72.8 Å². The van der Waals surface area contributed by atoms with Crippen molar-refractivity contribution in [2.24, 2.45) is 11.8 Å². The topological polar surface area (TPSA) is 96.0 Å². The van der Waals surface area contributed by atoms with Crippen LogP contribution in [0.4, 0.5) is 4.39 Å². The Labute approximate surface area is 161 Å². The fourth-order valence-corrected chi connectivity index (χ4v) is 4.16. The third-order valence-electron chi connectivity index (χ3n) is 5.63. The monoisotopic (exact) mass is 391 g/mol. The van der Waals surface area contributed by atoms with Crippen LogP contribution >= 0.6 is 0 Å². The highest BCUT2D eigenvalue weighted by Gasteiger charge is 2.66. The first-order valence-electron chi connectivity index (χ1n) is 8.80. The summed E-state index contributed by atoms with van der Waals surface area (Å²) in [5.74, 6) is -4.01. The number of rotatable bonds is 4. The predicted molar refractivity (Wildman–Crippen MR) is 95.5 cm³/mol. The van der Waals surface area contributed by atoms with Crippen molar-refractivity contribution in [3.8, 4) is 0 Å². The molecule has 0 spiro atoms. The lowest BCUT2D eigenvalue weighted by atomic mass is 9.81. The van der Waals surface area contributed by atoms with E-state index in [1.807, 2.05) is 0 Å². The van der Waals surface area contributed by atoms with Crippen molar-refractivity contribution >= 4 is 23.7 Å². The Kier molecular flexibility index (Phi) is 4.97. The molecule has 2 aliphatic heterocycles. The number of likely N-dealkylation sites (tertiary alicyclic amines) is 1. The molecule has 0 aromatic heterocycles. The molecule has 0 radical (unpaired) electrons. The van der Waals surface area contributed by atoms with Crippen molar-refractivity contribution in [1.82, 2.24) is 15.1 Å². The summed E-state index contributed by atoms with van der Waals surface area (Å²) in [5.41, 5.74) is -1.08. The van der Waals surface area contributed by atoms with E-state index in [0.717, 1.165) is 4.90 Å². The van der Waals surface area contributed by atoms with Crippen molar-refractivity contribution in [2.75, 3.05) is 27.7 Å². The maximum Gasteiger partial charge on any atom is 0.326 e. The number of fused-ring (bicyclic) bond motifs is 1. The van der Waals surface area contributed by atoms with E-state index in [2.05, 4.69) is 5.32 Å². The second-order valence-corrected chi connectivity index (χ2v) is 7.38. The van der Waals surface area contributed by atoms with Gasteiger partial charge in [-0.25, -0.2) is 4.39 Å². The van der Waals surface area contributed by atoms with Gasteiger partial charge >= 0.3 is 5.97 Å². The van der Waals surface area contributed by atoms with Crippen LogP contribution < -0.4 is 5.32 Å². The molecule has 1 N–H and O–H groups in total. The van der Waals surface area contributed by atoms with E-state index >= 15 is 0 Å². The summed E-state index contributed by atoms with van der Waals surface area (Å²) in [6.07, 6.45) is 0. The van der Waals surface area contributed by atoms with Crippen molar-refractivity contribution in [1.29, 1.82) is 0 Å². The molecule has 2 fully saturated rings. The molecule has 0 unspecified atom stereocenters. The van der Waals surface area contributed by atoms with Gasteiger partial charge in [0.2, 0.25) is 11.8 Å². The number of hydrogen-bond acceptors (Lipinski definition) is 6. The number of hydrogen-bond donors (Lipinski definition) is 1. The minimum atomic E-state index is -1.37. The second-order valence-electron chi connectivity index (χ2n) is 7.38. The predicted octanol–water partition coefficient (Wildman–Crippen LogP) is 0.0322. The molecule has 2 aliphatic rings. The summed E-state index contributed by atoms with van der Waals surface area (Å²) in [7, 11) is 4.14. The number of carbonyl (C=O) groups is 4. The van der Waals surface area contributed by atoms with Crippen LogP contribution in [0.2, 0.25) is 0 Å². The average molecular weight is 391 g/mol. The van der Waals surface area contributed by atoms with Crippen LogP contribution in [0.5, 0.6) is 0 Å². The van der Waals surface area contributed by atoms with Gasteiger partial charge in [0, 0.05) is 32.2 Å². The Morgan fingerprint density at radius 1 is 1.25 bits per heavy atom. The maximum atomic E-state index is 13.1. The molecule has 2 saturated heterocycles. The Morgan fingerprint density at radius 2 is 1.86 bits per heavy atom. The van der Waals surface area contributed by atoms with E-state index in [1.54, 1.807) is 7.05 Å². The van der Waals surface area contributed by atoms with Crippen molar-refractivity contribution in [3.63, 3.8) is 0 Å². The van der Waals surface area contributed by atoms with Gasteiger partial charge in [0.25, 0.3) is 5.91 Å².